The fourth-order valence-corrected chi connectivity index (χ4v) is 3.36. The van der Waals surface area contributed by atoms with Gasteiger partial charge in [-0.25, -0.2) is 4.98 Å². The number of aromatic nitrogens is 2. The molecule has 0 bridgehead atoms. The summed E-state index contributed by atoms with van der Waals surface area (Å²) in [5, 5.41) is 1.59. The first-order valence-corrected chi connectivity index (χ1v) is 9.31. The highest BCUT2D eigenvalue weighted by Gasteiger charge is 2.16. The number of aromatic amines is 1. The number of carbonyl (C=O) groups excluding carboxylic acids is 2. The topological polar surface area (TPSA) is 100 Å². The number of para-hydroxylation sites is 2. The summed E-state index contributed by atoms with van der Waals surface area (Å²) in [4.78, 5) is 33.0. The van der Waals surface area contributed by atoms with E-state index in [2.05, 4.69) is 20.8 Å². The Kier molecular flexibility index (Phi) is 4.25. The normalized spacial score (nSPS) is 10.9. The molecule has 2 aromatic carbocycles. The van der Waals surface area contributed by atoms with Gasteiger partial charge in [0.15, 0.2) is 5.76 Å². The van der Waals surface area contributed by atoms with Crippen molar-refractivity contribution in [2.45, 2.75) is 0 Å². The van der Waals surface area contributed by atoms with E-state index in [0.29, 0.717) is 33.6 Å². The van der Waals surface area contributed by atoms with Crippen LogP contribution in [0.1, 0.15) is 20.8 Å². The van der Waals surface area contributed by atoms with Crippen LogP contribution in [0, 0.1) is 0 Å². The molecule has 7 nitrogen and oxygen atoms in total. The molecule has 0 radical (unpaired) electrons. The second-order valence-electron chi connectivity index (χ2n) is 6.73. The Morgan fingerprint density at radius 2 is 1.67 bits per heavy atom. The van der Waals surface area contributed by atoms with Crippen LogP contribution >= 0.6 is 0 Å². The smallest absolute Gasteiger partial charge is 0.286 e. The van der Waals surface area contributed by atoms with Crippen LogP contribution in [0.4, 0.5) is 0 Å². The highest BCUT2D eigenvalue weighted by atomic mass is 16.3. The Morgan fingerprint density at radius 3 is 2.50 bits per heavy atom. The number of carbonyl (C=O) groups is 2. The van der Waals surface area contributed by atoms with Gasteiger partial charge >= 0.3 is 0 Å². The van der Waals surface area contributed by atoms with Gasteiger partial charge in [0.25, 0.3) is 11.8 Å². The molecule has 5 aromatic rings. The predicted octanol–water partition coefficient (Wildman–Crippen LogP) is 4.05. The standard InChI is InChI=1S/C23H16N4O3/c28-22(26-27-23(29)20-12-14-6-1-3-8-17(14)24-20)16-13-19(21-10-5-11-30-21)25-18-9-4-2-7-15(16)18/h1-13,24H,(H,26,28)(H,27,29). The Morgan fingerprint density at radius 1 is 0.867 bits per heavy atom. The molecule has 0 spiro atoms. The van der Waals surface area contributed by atoms with Gasteiger partial charge in [0.2, 0.25) is 0 Å². The maximum atomic E-state index is 12.9. The molecule has 0 aliphatic heterocycles. The van der Waals surface area contributed by atoms with E-state index in [1.165, 1.54) is 0 Å². The molecule has 0 saturated carbocycles. The van der Waals surface area contributed by atoms with Crippen molar-refractivity contribution in [2.75, 3.05) is 0 Å². The van der Waals surface area contributed by atoms with E-state index in [9.17, 15) is 9.59 Å². The number of hydrogen-bond donors (Lipinski definition) is 3. The van der Waals surface area contributed by atoms with E-state index in [1.807, 2.05) is 48.5 Å². The SMILES string of the molecule is O=C(NNC(=O)c1cc(-c2ccco2)nc2ccccc12)c1cc2ccccc2[nH]1. The molecular weight excluding hydrogens is 380 g/mol. The molecule has 0 aliphatic rings. The van der Waals surface area contributed by atoms with Crippen LogP contribution in [0.25, 0.3) is 33.3 Å². The van der Waals surface area contributed by atoms with Gasteiger partial charge in [-0.2, -0.15) is 0 Å². The largest absolute Gasteiger partial charge is 0.463 e. The van der Waals surface area contributed by atoms with Crippen molar-refractivity contribution >= 4 is 33.6 Å². The van der Waals surface area contributed by atoms with Gasteiger partial charge < -0.3 is 9.40 Å². The summed E-state index contributed by atoms with van der Waals surface area (Å²) in [5.41, 5.74) is 7.71. The molecule has 0 fully saturated rings. The maximum Gasteiger partial charge on any atom is 0.286 e. The first-order chi connectivity index (χ1) is 14.7. The molecule has 0 saturated heterocycles. The minimum Gasteiger partial charge on any atom is -0.463 e. The number of H-pyrrole nitrogens is 1. The number of fused-ring (bicyclic) bond motifs is 2. The summed E-state index contributed by atoms with van der Waals surface area (Å²) >= 11 is 0. The van der Waals surface area contributed by atoms with E-state index >= 15 is 0 Å². The van der Waals surface area contributed by atoms with Gasteiger partial charge in [-0.05, 0) is 36.4 Å². The maximum absolute atomic E-state index is 12.9. The lowest BCUT2D eigenvalue weighted by Gasteiger charge is -2.10. The average Bonchev–Trinajstić information content (AvgIpc) is 3.46. The van der Waals surface area contributed by atoms with Crippen LogP contribution in [-0.2, 0) is 0 Å². The lowest BCUT2D eigenvalue weighted by atomic mass is 10.1. The van der Waals surface area contributed by atoms with Gasteiger partial charge in [0.1, 0.15) is 11.4 Å². The predicted molar refractivity (Wildman–Crippen MR) is 113 cm³/mol. The number of benzene rings is 2. The molecule has 0 aliphatic carbocycles. The minimum absolute atomic E-state index is 0.354. The van der Waals surface area contributed by atoms with Crippen LogP contribution in [0.3, 0.4) is 0 Å². The molecule has 0 unspecified atom stereocenters. The summed E-state index contributed by atoms with van der Waals surface area (Å²) in [6.45, 7) is 0. The molecule has 146 valence electrons. The zero-order chi connectivity index (χ0) is 20.5. The number of hydrazine groups is 1. The second kappa shape index (κ2) is 7.21. The monoisotopic (exact) mass is 396 g/mol. The summed E-state index contributed by atoms with van der Waals surface area (Å²) in [5.74, 6) is -0.341. The van der Waals surface area contributed by atoms with Crippen molar-refractivity contribution < 1.29 is 14.0 Å². The lowest BCUT2D eigenvalue weighted by molar-refractivity contribution is 0.0845. The number of hydrogen-bond acceptors (Lipinski definition) is 4. The third kappa shape index (κ3) is 3.18. The van der Waals surface area contributed by atoms with Crippen LogP contribution in [0.15, 0.2) is 83.5 Å². The zero-order valence-electron chi connectivity index (χ0n) is 15.7. The molecule has 7 heteroatoms. The minimum atomic E-state index is -0.453. The van der Waals surface area contributed by atoms with Crippen LogP contribution in [0.2, 0.25) is 0 Å². The third-order valence-electron chi connectivity index (χ3n) is 4.80. The first-order valence-electron chi connectivity index (χ1n) is 9.31. The van der Waals surface area contributed by atoms with Crippen molar-refractivity contribution in [3.05, 3.63) is 90.3 Å². The van der Waals surface area contributed by atoms with E-state index in [-0.39, 0.29) is 0 Å². The van der Waals surface area contributed by atoms with Crippen molar-refractivity contribution in [3.63, 3.8) is 0 Å². The van der Waals surface area contributed by atoms with Crippen molar-refractivity contribution in [2.24, 2.45) is 0 Å². The number of pyridine rings is 1. The Balaban J connectivity index is 1.42. The molecular formula is C23H16N4O3. The fourth-order valence-electron chi connectivity index (χ4n) is 3.36. The highest BCUT2D eigenvalue weighted by molar-refractivity contribution is 6.08. The average molecular weight is 396 g/mol. The van der Waals surface area contributed by atoms with Crippen molar-refractivity contribution in [1.82, 2.24) is 20.8 Å². The quantitative estimate of drug-likeness (QED) is 0.401. The van der Waals surface area contributed by atoms with Crippen LogP contribution < -0.4 is 10.9 Å². The Hall–Kier alpha value is -4.39. The van der Waals surface area contributed by atoms with E-state index in [1.54, 1.807) is 30.5 Å². The Labute approximate surface area is 170 Å². The number of nitrogens with zero attached hydrogens (tertiary/aromatic N) is 1. The molecule has 30 heavy (non-hydrogen) atoms. The van der Waals surface area contributed by atoms with Gasteiger partial charge in [-0.1, -0.05) is 36.4 Å². The van der Waals surface area contributed by atoms with Gasteiger partial charge in [-0.3, -0.25) is 20.4 Å². The second-order valence-corrected chi connectivity index (χ2v) is 6.73. The van der Waals surface area contributed by atoms with E-state index in [0.717, 1.165) is 10.9 Å². The molecule has 5 rings (SSSR count). The molecule has 3 aromatic heterocycles. The van der Waals surface area contributed by atoms with Gasteiger partial charge in [0.05, 0.1) is 17.3 Å². The van der Waals surface area contributed by atoms with Gasteiger partial charge in [0, 0.05) is 16.3 Å². The molecule has 3 N–H and O–H groups in total. The summed E-state index contributed by atoms with van der Waals surface area (Å²) in [6.07, 6.45) is 1.55. The first kappa shape index (κ1) is 17.7. The summed E-state index contributed by atoms with van der Waals surface area (Å²) in [7, 11) is 0. The van der Waals surface area contributed by atoms with Crippen LogP contribution in [0.5, 0.6) is 0 Å². The number of rotatable bonds is 3. The molecule has 0 atom stereocenters. The van der Waals surface area contributed by atoms with E-state index in [4.69, 9.17) is 4.42 Å². The number of nitrogens with one attached hydrogen (secondary N) is 3. The number of amides is 2. The fraction of sp³-hybridized carbons (Fsp3) is 0. The van der Waals surface area contributed by atoms with Crippen molar-refractivity contribution in [3.8, 4) is 11.5 Å². The van der Waals surface area contributed by atoms with Crippen LogP contribution in [-0.4, -0.2) is 21.8 Å². The molecule has 2 amide bonds. The highest BCUT2D eigenvalue weighted by Crippen LogP contribution is 2.25. The van der Waals surface area contributed by atoms with Crippen molar-refractivity contribution in [1.29, 1.82) is 0 Å². The van der Waals surface area contributed by atoms with E-state index < -0.39 is 11.8 Å². The third-order valence-corrected chi connectivity index (χ3v) is 4.80. The Bertz CT molecular complexity index is 1350. The lowest BCUT2D eigenvalue weighted by Crippen LogP contribution is -2.41. The summed E-state index contributed by atoms with van der Waals surface area (Å²) in [6, 6.07) is 21.8. The zero-order valence-corrected chi connectivity index (χ0v) is 15.7. The summed E-state index contributed by atoms with van der Waals surface area (Å²) < 4.78 is 5.42. The number of furan rings is 1. The molecule has 3 heterocycles. The van der Waals surface area contributed by atoms with Gasteiger partial charge in [-0.15, -0.1) is 0 Å².